The lowest BCUT2D eigenvalue weighted by atomic mass is 9.97. The summed E-state index contributed by atoms with van der Waals surface area (Å²) < 4.78 is 10.5. The second-order valence-corrected chi connectivity index (χ2v) is 8.12. The van der Waals surface area contributed by atoms with Gasteiger partial charge in [-0.25, -0.2) is 0 Å². The molecule has 30 heavy (non-hydrogen) atoms. The van der Waals surface area contributed by atoms with Crippen LogP contribution in [-0.2, 0) is 9.53 Å². The van der Waals surface area contributed by atoms with Crippen molar-refractivity contribution >= 4 is 28.5 Å². The topological polar surface area (TPSA) is 163 Å². The predicted molar refractivity (Wildman–Crippen MR) is 105 cm³/mol. The molecule has 9 nitrogen and oxygen atoms in total. The first kappa shape index (κ1) is 22.8. The van der Waals surface area contributed by atoms with Crippen LogP contribution >= 0.6 is 11.6 Å². The number of benzene rings is 1. The third-order valence-electron chi connectivity index (χ3n) is 5.38. The molecule has 1 aliphatic heterocycles. The lowest BCUT2D eigenvalue weighted by Gasteiger charge is -2.40. The lowest BCUT2D eigenvalue weighted by molar-refractivity contribution is -0.425. The zero-order chi connectivity index (χ0) is 21.8. The molecule has 1 aromatic heterocycles. The maximum atomic E-state index is 10.9. The Morgan fingerprint density at radius 1 is 1.17 bits per heavy atom. The fraction of sp³-hybridized carbons (Fsp3) is 0.550. The Balaban J connectivity index is 0.000000310. The van der Waals surface area contributed by atoms with Crippen molar-refractivity contribution in [3.05, 3.63) is 29.4 Å². The minimum Gasteiger partial charge on any atom is -0.547 e. The molecule has 7 N–H and O–H groups in total. The zero-order valence-corrected chi connectivity index (χ0v) is 17.1. The number of halogens is 1. The largest absolute Gasteiger partial charge is 0.547 e. The van der Waals surface area contributed by atoms with Crippen molar-refractivity contribution in [2.45, 2.75) is 68.9 Å². The van der Waals surface area contributed by atoms with Crippen LogP contribution in [-0.4, -0.2) is 63.0 Å². The van der Waals surface area contributed by atoms with E-state index in [-0.39, 0.29) is 5.75 Å². The number of carbonyl (C=O) groups is 1. The van der Waals surface area contributed by atoms with E-state index in [2.05, 4.69) is 10.7 Å². The first-order valence-electron chi connectivity index (χ1n) is 9.95. The Hall–Kier alpha value is -1.88. The Bertz CT molecular complexity index is 855. The van der Waals surface area contributed by atoms with Crippen LogP contribution in [0.4, 0.5) is 0 Å². The molecule has 1 aromatic carbocycles. The summed E-state index contributed by atoms with van der Waals surface area (Å²) in [6.45, 7) is 0. The number of aromatic nitrogens is 1. The SMILES string of the molecule is O=C([O-])[C@H]1OC(Oc2c[nH]c3cc(Cl)ccc23)[C@H](O)[C@@H](O)[C@@H]1O.[NH3+]C1CCCCC1. The molecule has 1 unspecified atom stereocenters. The van der Waals surface area contributed by atoms with Gasteiger partial charge in [-0.2, -0.15) is 0 Å². The van der Waals surface area contributed by atoms with Crippen LogP contribution in [0.15, 0.2) is 24.4 Å². The van der Waals surface area contributed by atoms with Crippen LogP contribution in [0.5, 0.6) is 5.75 Å². The number of rotatable bonds is 3. The van der Waals surface area contributed by atoms with Gasteiger partial charge in [-0.05, 0) is 43.9 Å². The molecule has 4 rings (SSSR count). The number of quaternary nitrogens is 1. The van der Waals surface area contributed by atoms with E-state index in [9.17, 15) is 25.2 Å². The molecule has 1 saturated heterocycles. The van der Waals surface area contributed by atoms with Crippen molar-refractivity contribution in [2.75, 3.05) is 0 Å². The van der Waals surface area contributed by atoms with Crippen molar-refractivity contribution in [3.8, 4) is 5.75 Å². The van der Waals surface area contributed by atoms with Crippen LogP contribution in [0.2, 0.25) is 5.02 Å². The highest BCUT2D eigenvalue weighted by Gasteiger charge is 2.45. The van der Waals surface area contributed by atoms with Gasteiger partial charge in [0.2, 0.25) is 6.29 Å². The highest BCUT2D eigenvalue weighted by Crippen LogP contribution is 2.31. The third-order valence-corrected chi connectivity index (χ3v) is 5.61. The molecule has 0 radical (unpaired) electrons. The van der Waals surface area contributed by atoms with Gasteiger partial charge in [0.25, 0.3) is 0 Å². The first-order chi connectivity index (χ1) is 14.3. The average Bonchev–Trinajstić information content (AvgIpc) is 3.11. The molecule has 1 saturated carbocycles. The molecule has 10 heteroatoms. The van der Waals surface area contributed by atoms with Crippen molar-refractivity contribution in [1.82, 2.24) is 4.98 Å². The van der Waals surface area contributed by atoms with Gasteiger partial charge in [-0.1, -0.05) is 18.0 Å². The average molecular weight is 443 g/mol. The Morgan fingerprint density at radius 2 is 1.87 bits per heavy atom. The van der Waals surface area contributed by atoms with Gasteiger partial charge in [0.1, 0.15) is 30.2 Å². The number of carbonyl (C=O) groups excluding carboxylic acids is 1. The maximum absolute atomic E-state index is 10.9. The van der Waals surface area contributed by atoms with Gasteiger partial charge in [-0.3, -0.25) is 0 Å². The fourth-order valence-corrected chi connectivity index (χ4v) is 3.79. The lowest BCUT2D eigenvalue weighted by Crippen LogP contribution is -2.63. The first-order valence-corrected chi connectivity index (χ1v) is 10.3. The molecule has 0 spiro atoms. The maximum Gasteiger partial charge on any atom is 0.229 e. The Kier molecular flexibility index (Phi) is 7.56. The van der Waals surface area contributed by atoms with Crippen LogP contribution in [0, 0.1) is 0 Å². The molecule has 166 valence electrons. The molecule has 2 aromatic rings. The van der Waals surface area contributed by atoms with Crippen LogP contribution in [0.25, 0.3) is 10.9 Å². The van der Waals surface area contributed by atoms with Crippen molar-refractivity contribution in [2.24, 2.45) is 0 Å². The summed E-state index contributed by atoms with van der Waals surface area (Å²) in [5.41, 5.74) is 4.66. The number of carboxylic acids is 1. The second-order valence-electron chi connectivity index (χ2n) is 7.68. The number of hydrogen-bond donors (Lipinski definition) is 5. The van der Waals surface area contributed by atoms with E-state index < -0.39 is 36.7 Å². The van der Waals surface area contributed by atoms with E-state index in [1.54, 1.807) is 18.2 Å². The van der Waals surface area contributed by atoms with Crippen LogP contribution in [0.3, 0.4) is 0 Å². The number of carboxylic acid groups (broad SMARTS) is 1. The van der Waals surface area contributed by atoms with E-state index in [0.717, 1.165) is 6.04 Å². The summed E-state index contributed by atoms with van der Waals surface area (Å²) in [4.78, 5) is 13.8. The summed E-state index contributed by atoms with van der Waals surface area (Å²) in [6, 6.07) is 5.74. The van der Waals surface area contributed by atoms with Gasteiger partial charge >= 0.3 is 0 Å². The molecular weight excluding hydrogens is 416 g/mol. The molecule has 0 amide bonds. The number of nitrogens with one attached hydrogen (secondary N) is 1. The number of aromatic amines is 1. The van der Waals surface area contributed by atoms with Gasteiger partial charge in [0.05, 0.1) is 17.5 Å². The van der Waals surface area contributed by atoms with E-state index in [0.29, 0.717) is 15.9 Å². The number of aliphatic hydroxyl groups excluding tert-OH is 3. The van der Waals surface area contributed by atoms with Gasteiger partial charge in [0.15, 0.2) is 0 Å². The van der Waals surface area contributed by atoms with Gasteiger partial charge in [-0.15, -0.1) is 0 Å². The standard InChI is InChI=1S/C14H14ClNO7.C6H13N/c15-5-1-2-6-7(3-5)16-4-8(6)22-14-11(19)9(17)10(18)12(23-14)13(20)21;7-6-4-2-1-3-5-6/h1-4,9-12,14,16-19H,(H,20,21);6H,1-5,7H2/t9-,10-,11+,12-,14?;/m0./s1. The van der Waals surface area contributed by atoms with E-state index in [1.807, 2.05) is 0 Å². The Morgan fingerprint density at radius 3 is 2.47 bits per heavy atom. The fourth-order valence-electron chi connectivity index (χ4n) is 3.62. The smallest absolute Gasteiger partial charge is 0.229 e. The van der Waals surface area contributed by atoms with Crippen LogP contribution in [0.1, 0.15) is 32.1 Å². The molecule has 1 aliphatic carbocycles. The number of hydrogen-bond acceptors (Lipinski definition) is 7. The Labute approximate surface area is 178 Å². The summed E-state index contributed by atoms with van der Waals surface area (Å²) in [5.74, 6) is -1.45. The minimum absolute atomic E-state index is 0.265. The second kappa shape index (κ2) is 9.95. The van der Waals surface area contributed by atoms with E-state index in [1.165, 1.54) is 38.3 Å². The van der Waals surface area contributed by atoms with Gasteiger partial charge < -0.3 is 45.4 Å². The number of H-pyrrole nitrogens is 1. The zero-order valence-electron chi connectivity index (χ0n) is 16.4. The normalized spacial score (nSPS) is 29.8. The summed E-state index contributed by atoms with van der Waals surface area (Å²) in [6.07, 6.45) is -0.00792. The minimum atomic E-state index is -1.82. The van der Waals surface area contributed by atoms with E-state index >= 15 is 0 Å². The quantitative estimate of drug-likeness (QED) is 0.420. The number of aliphatic carboxylic acids is 1. The molecule has 2 aliphatic rings. The molecule has 2 fully saturated rings. The van der Waals surface area contributed by atoms with Gasteiger partial charge in [0, 0.05) is 16.6 Å². The number of fused-ring (bicyclic) bond motifs is 1. The number of aliphatic hydroxyl groups is 3. The molecule has 5 atom stereocenters. The number of ether oxygens (including phenoxy) is 2. The van der Waals surface area contributed by atoms with Crippen molar-refractivity contribution in [3.63, 3.8) is 0 Å². The molecule has 0 bridgehead atoms. The van der Waals surface area contributed by atoms with Crippen molar-refractivity contribution < 1.29 is 40.4 Å². The molecular formula is C20H27ClN2O7. The van der Waals surface area contributed by atoms with Crippen molar-refractivity contribution in [1.29, 1.82) is 0 Å². The van der Waals surface area contributed by atoms with Crippen LogP contribution < -0.4 is 15.6 Å². The summed E-state index contributed by atoms with van der Waals surface area (Å²) >= 11 is 5.87. The highest BCUT2D eigenvalue weighted by atomic mass is 35.5. The monoisotopic (exact) mass is 442 g/mol. The summed E-state index contributed by atoms with van der Waals surface area (Å²) in [7, 11) is 0. The summed E-state index contributed by atoms with van der Waals surface area (Å²) in [5, 5.41) is 41.3. The van der Waals surface area contributed by atoms with E-state index in [4.69, 9.17) is 21.1 Å². The highest BCUT2D eigenvalue weighted by molar-refractivity contribution is 6.31. The predicted octanol–water partition coefficient (Wildman–Crippen LogP) is -0.681. The molecule has 2 heterocycles. The third kappa shape index (κ3) is 5.23.